The largest absolute Gasteiger partial charge is 0.378 e. The van der Waals surface area contributed by atoms with Gasteiger partial charge in [-0.15, -0.1) is 0 Å². The van der Waals surface area contributed by atoms with Crippen LogP contribution in [0.25, 0.3) is 0 Å². The SMILES string of the molecule is CNC(CC1(OC)CCC1)C1CC(C)CC(C)C1. The fourth-order valence-corrected chi connectivity index (χ4v) is 4.31. The van der Waals surface area contributed by atoms with Gasteiger partial charge in [0.05, 0.1) is 5.60 Å². The minimum atomic E-state index is 0.206. The molecule has 2 saturated carbocycles. The van der Waals surface area contributed by atoms with Crippen molar-refractivity contribution in [3.8, 4) is 0 Å². The Balaban J connectivity index is 1.95. The van der Waals surface area contributed by atoms with Crippen LogP contribution in [0, 0.1) is 17.8 Å². The van der Waals surface area contributed by atoms with E-state index in [1.165, 1.54) is 44.9 Å². The molecule has 0 spiro atoms. The fourth-order valence-electron chi connectivity index (χ4n) is 4.31. The first-order valence-corrected chi connectivity index (χ1v) is 7.81. The van der Waals surface area contributed by atoms with Gasteiger partial charge in [0.25, 0.3) is 0 Å². The van der Waals surface area contributed by atoms with Crippen LogP contribution in [0.2, 0.25) is 0 Å². The van der Waals surface area contributed by atoms with Gasteiger partial charge in [-0.05, 0) is 69.7 Å². The van der Waals surface area contributed by atoms with E-state index in [-0.39, 0.29) is 5.60 Å². The first-order valence-electron chi connectivity index (χ1n) is 7.81. The highest BCUT2D eigenvalue weighted by molar-refractivity contribution is 4.95. The molecule has 18 heavy (non-hydrogen) atoms. The highest BCUT2D eigenvalue weighted by atomic mass is 16.5. The second-order valence-corrected chi connectivity index (χ2v) is 7.02. The van der Waals surface area contributed by atoms with Crippen LogP contribution in [0.5, 0.6) is 0 Å². The van der Waals surface area contributed by atoms with Gasteiger partial charge in [0.1, 0.15) is 0 Å². The molecule has 3 atom stereocenters. The summed E-state index contributed by atoms with van der Waals surface area (Å²) in [6.45, 7) is 4.84. The number of nitrogens with one attached hydrogen (secondary N) is 1. The molecule has 1 N–H and O–H groups in total. The van der Waals surface area contributed by atoms with Gasteiger partial charge in [0.2, 0.25) is 0 Å². The molecule has 0 aromatic carbocycles. The molecule has 2 aliphatic rings. The normalized spacial score (nSPS) is 37.0. The first-order chi connectivity index (χ1) is 8.58. The molecule has 0 heterocycles. The zero-order valence-electron chi connectivity index (χ0n) is 12.7. The number of ether oxygens (including phenoxy) is 1. The predicted molar refractivity (Wildman–Crippen MR) is 76.7 cm³/mol. The lowest BCUT2D eigenvalue weighted by molar-refractivity contribution is -0.0884. The van der Waals surface area contributed by atoms with Gasteiger partial charge >= 0.3 is 0 Å². The Morgan fingerprint density at radius 1 is 1.17 bits per heavy atom. The summed E-state index contributed by atoms with van der Waals surface area (Å²) < 4.78 is 5.81. The van der Waals surface area contributed by atoms with Crippen molar-refractivity contribution in [2.24, 2.45) is 17.8 Å². The van der Waals surface area contributed by atoms with Crippen molar-refractivity contribution in [3.05, 3.63) is 0 Å². The third-order valence-corrected chi connectivity index (χ3v) is 5.44. The van der Waals surface area contributed by atoms with Crippen molar-refractivity contribution in [1.82, 2.24) is 5.32 Å². The van der Waals surface area contributed by atoms with Gasteiger partial charge in [0, 0.05) is 13.2 Å². The molecule has 2 rings (SSSR count). The zero-order chi connectivity index (χ0) is 13.2. The van der Waals surface area contributed by atoms with E-state index in [0.717, 1.165) is 17.8 Å². The predicted octanol–water partition coefficient (Wildman–Crippen LogP) is 3.61. The second-order valence-electron chi connectivity index (χ2n) is 7.02. The van der Waals surface area contributed by atoms with Crippen molar-refractivity contribution in [1.29, 1.82) is 0 Å². The summed E-state index contributed by atoms with van der Waals surface area (Å²) in [6, 6.07) is 0.649. The molecular weight excluding hydrogens is 222 g/mol. The molecule has 2 heteroatoms. The van der Waals surface area contributed by atoms with E-state index in [1.54, 1.807) is 0 Å². The van der Waals surface area contributed by atoms with Gasteiger partial charge in [-0.1, -0.05) is 13.8 Å². The van der Waals surface area contributed by atoms with Crippen LogP contribution in [0.3, 0.4) is 0 Å². The standard InChI is InChI=1S/C16H31NO/c1-12-8-13(2)10-14(9-12)15(17-3)11-16(18-4)6-5-7-16/h12-15,17H,5-11H2,1-4H3. The maximum Gasteiger partial charge on any atom is 0.0693 e. The van der Waals surface area contributed by atoms with E-state index >= 15 is 0 Å². The molecular formula is C16H31NO. The highest BCUT2D eigenvalue weighted by Gasteiger charge is 2.41. The quantitative estimate of drug-likeness (QED) is 0.808. The maximum atomic E-state index is 5.81. The number of hydrogen-bond acceptors (Lipinski definition) is 2. The number of rotatable bonds is 5. The van der Waals surface area contributed by atoms with Crippen LogP contribution in [0.15, 0.2) is 0 Å². The van der Waals surface area contributed by atoms with E-state index in [4.69, 9.17) is 4.74 Å². The minimum Gasteiger partial charge on any atom is -0.378 e. The summed E-state index contributed by atoms with van der Waals surface area (Å²) in [6.07, 6.45) is 9.30. The lowest BCUT2D eigenvalue weighted by Gasteiger charge is -2.46. The Bertz CT molecular complexity index is 246. The van der Waals surface area contributed by atoms with Gasteiger partial charge in [-0.2, -0.15) is 0 Å². The smallest absolute Gasteiger partial charge is 0.0693 e. The molecule has 0 aromatic heterocycles. The van der Waals surface area contributed by atoms with E-state index in [9.17, 15) is 0 Å². The zero-order valence-corrected chi connectivity index (χ0v) is 12.7. The lowest BCUT2D eigenvalue weighted by atomic mass is 9.68. The van der Waals surface area contributed by atoms with Crippen molar-refractivity contribution < 1.29 is 4.74 Å². The van der Waals surface area contributed by atoms with Crippen LogP contribution in [-0.2, 0) is 4.74 Å². The third-order valence-electron chi connectivity index (χ3n) is 5.44. The number of hydrogen-bond donors (Lipinski definition) is 1. The molecule has 2 aliphatic carbocycles. The summed E-state index contributed by atoms with van der Waals surface area (Å²) in [5.74, 6) is 2.64. The highest BCUT2D eigenvalue weighted by Crippen LogP contribution is 2.42. The van der Waals surface area contributed by atoms with Gasteiger partial charge < -0.3 is 10.1 Å². The molecule has 0 bridgehead atoms. The molecule has 106 valence electrons. The monoisotopic (exact) mass is 253 g/mol. The molecule has 3 unspecified atom stereocenters. The first kappa shape index (κ1) is 14.3. The third kappa shape index (κ3) is 3.08. The average molecular weight is 253 g/mol. The molecule has 0 aliphatic heterocycles. The molecule has 0 amide bonds. The van der Waals surface area contributed by atoms with E-state index < -0.39 is 0 Å². The molecule has 2 nitrogen and oxygen atoms in total. The Labute approximate surface area is 113 Å². The number of methoxy groups -OCH3 is 1. The summed E-state index contributed by atoms with van der Waals surface area (Å²) in [5, 5.41) is 3.59. The van der Waals surface area contributed by atoms with Crippen LogP contribution < -0.4 is 5.32 Å². The summed E-state index contributed by atoms with van der Waals surface area (Å²) in [5.41, 5.74) is 0.206. The Kier molecular flexibility index (Phi) is 4.71. The van der Waals surface area contributed by atoms with Crippen LogP contribution in [0.1, 0.15) is 58.8 Å². The molecule has 2 fully saturated rings. The Morgan fingerprint density at radius 2 is 1.78 bits per heavy atom. The molecule has 0 saturated heterocycles. The fraction of sp³-hybridized carbons (Fsp3) is 1.00. The second kappa shape index (κ2) is 5.92. The van der Waals surface area contributed by atoms with Gasteiger partial charge in [-0.3, -0.25) is 0 Å². The summed E-state index contributed by atoms with van der Waals surface area (Å²) in [4.78, 5) is 0. The van der Waals surface area contributed by atoms with E-state index in [1.807, 2.05) is 7.11 Å². The van der Waals surface area contributed by atoms with Crippen molar-refractivity contribution >= 4 is 0 Å². The van der Waals surface area contributed by atoms with E-state index in [0.29, 0.717) is 6.04 Å². The van der Waals surface area contributed by atoms with Crippen LogP contribution in [0.4, 0.5) is 0 Å². The summed E-state index contributed by atoms with van der Waals surface area (Å²) in [7, 11) is 4.04. The topological polar surface area (TPSA) is 21.3 Å². The van der Waals surface area contributed by atoms with Crippen molar-refractivity contribution in [2.45, 2.75) is 70.4 Å². The van der Waals surface area contributed by atoms with Crippen molar-refractivity contribution in [3.63, 3.8) is 0 Å². The Morgan fingerprint density at radius 3 is 2.17 bits per heavy atom. The van der Waals surface area contributed by atoms with Crippen LogP contribution >= 0.6 is 0 Å². The van der Waals surface area contributed by atoms with Crippen LogP contribution in [-0.4, -0.2) is 25.8 Å². The lowest BCUT2D eigenvalue weighted by Crippen LogP contribution is -2.48. The van der Waals surface area contributed by atoms with Crippen molar-refractivity contribution in [2.75, 3.05) is 14.2 Å². The van der Waals surface area contributed by atoms with Gasteiger partial charge in [0.15, 0.2) is 0 Å². The molecule has 0 radical (unpaired) electrons. The Hall–Kier alpha value is -0.0800. The summed E-state index contributed by atoms with van der Waals surface area (Å²) >= 11 is 0. The minimum absolute atomic E-state index is 0.206. The average Bonchev–Trinajstić information content (AvgIpc) is 2.27. The van der Waals surface area contributed by atoms with Gasteiger partial charge in [-0.25, -0.2) is 0 Å². The maximum absolute atomic E-state index is 5.81. The molecule has 0 aromatic rings. The van der Waals surface area contributed by atoms with E-state index in [2.05, 4.69) is 26.2 Å².